The fourth-order valence-corrected chi connectivity index (χ4v) is 0. The molecule has 0 aromatic heterocycles. The van der Waals surface area contributed by atoms with Gasteiger partial charge in [0.25, 0.3) is 0 Å². The first kappa shape index (κ1) is 38.4. The van der Waals surface area contributed by atoms with Crippen LogP contribution in [0.15, 0.2) is 63.3 Å². The minimum Gasteiger partial charge on any atom is -0.545 e. The van der Waals surface area contributed by atoms with E-state index in [0.717, 1.165) is 30.4 Å². The largest absolute Gasteiger partial charge is 5.00 e. The predicted octanol–water partition coefficient (Wildman–Crippen LogP) is -5.39. The molecule has 10 nitrogen and oxygen atoms in total. The Bertz CT molecular complexity index is 390. The van der Waals surface area contributed by atoms with Gasteiger partial charge in [0.15, 0.2) is 0 Å². The average Bonchev–Trinajstić information content (AvgIpc) is 2.56. The summed E-state index contributed by atoms with van der Waals surface area (Å²) < 4.78 is 0. The fourth-order valence-electron chi connectivity index (χ4n) is 0. The second-order valence-electron chi connectivity index (χ2n) is 2.62. The van der Waals surface area contributed by atoms with Crippen molar-refractivity contribution in [3.05, 3.63) is 63.3 Å². The molecule has 0 saturated carbocycles. The van der Waals surface area contributed by atoms with Gasteiger partial charge in [0.2, 0.25) is 0 Å². The molecule has 0 rings (SSSR count). The molecular formula is C15H15NbO10. The molecule has 0 aliphatic rings. The number of hydrogen-bond acceptors (Lipinski definition) is 10. The van der Waals surface area contributed by atoms with Gasteiger partial charge in [0, 0.05) is 0 Å². The zero-order valence-corrected chi connectivity index (χ0v) is 15.7. The van der Waals surface area contributed by atoms with E-state index < -0.39 is 29.8 Å². The van der Waals surface area contributed by atoms with Crippen LogP contribution in [0, 0.1) is 0 Å². The average molecular weight is 448 g/mol. The van der Waals surface area contributed by atoms with Crippen LogP contribution in [0.1, 0.15) is 0 Å². The van der Waals surface area contributed by atoms with Crippen molar-refractivity contribution in [2.75, 3.05) is 0 Å². The Morgan fingerprint density at radius 3 is 0.462 bits per heavy atom. The van der Waals surface area contributed by atoms with Crippen LogP contribution in [-0.4, -0.2) is 29.8 Å². The maximum absolute atomic E-state index is 9.14. The molecule has 0 fully saturated rings. The summed E-state index contributed by atoms with van der Waals surface area (Å²) in [6, 6.07) is 0. The molecule has 0 saturated heterocycles. The minimum absolute atomic E-state index is 0. The molecule has 26 heavy (non-hydrogen) atoms. The third-order valence-corrected chi connectivity index (χ3v) is 0.833. The van der Waals surface area contributed by atoms with Gasteiger partial charge in [-0.1, -0.05) is 32.9 Å². The van der Waals surface area contributed by atoms with Gasteiger partial charge >= 0.3 is 22.4 Å². The summed E-state index contributed by atoms with van der Waals surface area (Å²) in [4.78, 5) is 45.7. The van der Waals surface area contributed by atoms with Gasteiger partial charge in [-0.2, -0.15) is 0 Å². The zero-order chi connectivity index (χ0) is 21.4. The number of aliphatic carboxylic acids is 5. The summed E-state index contributed by atoms with van der Waals surface area (Å²) in [5, 5.41) is 45.7. The molecule has 0 radical (unpaired) electrons. The maximum atomic E-state index is 9.14. The molecule has 11 heteroatoms. The van der Waals surface area contributed by atoms with Crippen molar-refractivity contribution in [3.8, 4) is 0 Å². The third-order valence-electron chi connectivity index (χ3n) is 0.833. The molecule has 0 N–H and O–H groups in total. The van der Waals surface area contributed by atoms with E-state index in [1.165, 1.54) is 0 Å². The topological polar surface area (TPSA) is 201 Å². The van der Waals surface area contributed by atoms with Crippen molar-refractivity contribution in [1.82, 2.24) is 0 Å². The Morgan fingerprint density at radius 2 is 0.462 bits per heavy atom. The molecule has 0 heterocycles. The molecule has 0 aromatic rings. The van der Waals surface area contributed by atoms with Crippen LogP contribution in [0.25, 0.3) is 0 Å². The van der Waals surface area contributed by atoms with Gasteiger partial charge < -0.3 is 49.5 Å². The van der Waals surface area contributed by atoms with E-state index in [0.29, 0.717) is 0 Å². The zero-order valence-electron chi connectivity index (χ0n) is 13.5. The van der Waals surface area contributed by atoms with E-state index in [4.69, 9.17) is 49.5 Å². The normalized spacial score (nSPS) is 6.15. The second kappa shape index (κ2) is 33.4. The van der Waals surface area contributed by atoms with Gasteiger partial charge in [-0.3, -0.25) is 0 Å². The standard InChI is InChI=1S/5C3H4O2.Nb/c5*1-2-3(4)5;/h5*2H,1H2,(H,4,5);/q;;;;;+5/p-5. The minimum atomic E-state index is -1.23. The Labute approximate surface area is 165 Å². The van der Waals surface area contributed by atoms with Crippen LogP contribution in [0.4, 0.5) is 0 Å². The van der Waals surface area contributed by atoms with E-state index in [9.17, 15) is 0 Å². The van der Waals surface area contributed by atoms with Crippen molar-refractivity contribution in [2.45, 2.75) is 0 Å². The van der Waals surface area contributed by atoms with Gasteiger partial charge in [-0.05, 0) is 30.4 Å². The molecule has 0 atom stereocenters. The molecule has 0 unspecified atom stereocenters. The predicted molar refractivity (Wildman–Crippen MR) is 76.0 cm³/mol. The van der Waals surface area contributed by atoms with E-state index in [-0.39, 0.29) is 22.4 Å². The number of rotatable bonds is 5. The summed E-state index contributed by atoms with van der Waals surface area (Å²) in [5.41, 5.74) is 0. The van der Waals surface area contributed by atoms with Crippen molar-refractivity contribution in [3.63, 3.8) is 0 Å². The summed E-state index contributed by atoms with van der Waals surface area (Å²) in [7, 11) is 0. The van der Waals surface area contributed by atoms with Crippen molar-refractivity contribution in [1.29, 1.82) is 0 Å². The second-order valence-corrected chi connectivity index (χ2v) is 2.62. The first-order chi connectivity index (χ1) is 11.4. The van der Waals surface area contributed by atoms with Crippen LogP contribution in [0.5, 0.6) is 0 Å². The van der Waals surface area contributed by atoms with Crippen LogP contribution in [0.3, 0.4) is 0 Å². The van der Waals surface area contributed by atoms with E-state index in [2.05, 4.69) is 32.9 Å². The van der Waals surface area contributed by atoms with Crippen molar-refractivity contribution < 1.29 is 71.9 Å². The van der Waals surface area contributed by atoms with Crippen LogP contribution in [-0.2, 0) is 46.4 Å². The molecule has 0 aliphatic heterocycles. The number of hydrogen-bond donors (Lipinski definition) is 0. The quantitative estimate of drug-likeness (QED) is 0.289. The van der Waals surface area contributed by atoms with E-state index >= 15 is 0 Å². The summed E-state index contributed by atoms with van der Waals surface area (Å²) in [6.07, 6.45) is 3.61. The number of carbonyl (C=O) groups excluding carboxylic acids is 5. The Morgan fingerprint density at radius 1 is 0.423 bits per heavy atom. The smallest absolute Gasteiger partial charge is 0.545 e. The summed E-state index contributed by atoms with van der Waals surface area (Å²) >= 11 is 0. The molecule has 0 spiro atoms. The van der Waals surface area contributed by atoms with Gasteiger partial charge in [0.1, 0.15) is 0 Å². The Hall–Kier alpha value is -3.21. The first-order valence-electron chi connectivity index (χ1n) is 5.53. The van der Waals surface area contributed by atoms with Crippen LogP contribution < -0.4 is 25.5 Å². The first-order valence-corrected chi connectivity index (χ1v) is 5.53. The summed E-state index contributed by atoms with van der Waals surface area (Å²) in [6.45, 7) is 14.5. The molecule has 0 amide bonds. The Kier molecular flexibility index (Phi) is 49.3. The monoisotopic (exact) mass is 448 g/mol. The SMILES string of the molecule is C=CC(=O)[O-].C=CC(=O)[O-].C=CC(=O)[O-].C=CC(=O)[O-].C=CC(=O)[O-].[Nb+5]. The van der Waals surface area contributed by atoms with Crippen molar-refractivity contribution in [2.24, 2.45) is 0 Å². The third kappa shape index (κ3) is 177. The molecule has 0 aliphatic carbocycles. The van der Waals surface area contributed by atoms with Gasteiger partial charge in [0.05, 0.1) is 29.8 Å². The van der Waals surface area contributed by atoms with Crippen LogP contribution in [0.2, 0.25) is 0 Å². The molecule has 0 bridgehead atoms. The van der Waals surface area contributed by atoms with Crippen LogP contribution >= 0.6 is 0 Å². The molecular weight excluding hydrogens is 433 g/mol. The van der Waals surface area contributed by atoms with Gasteiger partial charge in [-0.25, -0.2) is 0 Å². The fraction of sp³-hybridized carbons (Fsp3) is 0. The Balaban J connectivity index is -0.0000000476. The van der Waals surface area contributed by atoms with E-state index in [1.807, 2.05) is 0 Å². The van der Waals surface area contributed by atoms with E-state index in [1.54, 1.807) is 0 Å². The van der Waals surface area contributed by atoms with Gasteiger partial charge in [-0.15, -0.1) is 0 Å². The summed E-state index contributed by atoms with van der Waals surface area (Å²) in [5.74, 6) is -6.16. The number of carboxylic acids is 5. The molecule has 0 aromatic carbocycles. The number of carboxylic acid groups (broad SMARTS) is 5. The molecule has 140 valence electrons. The maximum Gasteiger partial charge on any atom is 5.00 e. The van der Waals surface area contributed by atoms with Crippen molar-refractivity contribution >= 4 is 29.8 Å². The number of carbonyl (C=O) groups is 5.